The predicted molar refractivity (Wildman–Crippen MR) is 86.8 cm³/mol. The van der Waals surface area contributed by atoms with Gasteiger partial charge in [0.2, 0.25) is 10.0 Å². The van der Waals surface area contributed by atoms with Crippen LogP contribution in [0.4, 0.5) is 0 Å². The highest BCUT2D eigenvalue weighted by atomic mass is 32.2. The number of nitrogens with zero attached hydrogens (tertiary/aromatic N) is 1. The molecule has 0 spiro atoms. The number of hydrogen-bond acceptors (Lipinski definition) is 5. The second kappa shape index (κ2) is 7.08. The van der Waals surface area contributed by atoms with Crippen LogP contribution < -0.4 is 5.32 Å². The summed E-state index contributed by atoms with van der Waals surface area (Å²) in [5.41, 5.74) is 0. The van der Waals surface area contributed by atoms with Gasteiger partial charge in [-0.1, -0.05) is 0 Å². The first-order valence-electron chi connectivity index (χ1n) is 7.26. The highest BCUT2D eigenvalue weighted by Gasteiger charge is 2.30. The maximum atomic E-state index is 12.3. The van der Waals surface area contributed by atoms with E-state index < -0.39 is 10.0 Å². The Labute approximate surface area is 135 Å². The molecule has 1 fully saturated rings. The Morgan fingerprint density at radius 1 is 1.36 bits per heavy atom. The lowest BCUT2D eigenvalue weighted by Crippen LogP contribution is -2.49. The number of nitrogens with one attached hydrogen (secondary N) is 1. The number of aryl methyl sites for hydroxylation is 1. The average Bonchev–Trinajstić information content (AvgIpc) is 2.84. The van der Waals surface area contributed by atoms with Crippen LogP contribution in [0, 0.1) is 6.92 Å². The quantitative estimate of drug-likeness (QED) is 0.870. The number of ether oxygens (including phenoxy) is 1. The predicted octanol–water partition coefficient (Wildman–Crippen LogP) is 1.23. The molecular formula is C14H22N2O4S2. The summed E-state index contributed by atoms with van der Waals surface area (Å²) in [6, 6.07) is 3.61. The summed E-state index contributed by atoms with van der Waals surface area (Å²) in [5.74, 6) is -0.320. The maximum absolute atomic E-state index is 12.3. The van der Waals surface area contributed by atoms with Gasteiger partial charge in [-0.05, 0) is 32.9 Å². The Morgan fingerprint density at radius 3 is 2.55 bits per heavy atom. The molecule has 0 saturated carbocycles. The summed E-state index contributed by atoms with van der Waals surface area (Å²) in [6.07, 6.45) is -0.218. The monoisotopic (exact) mass is 346 g/mol. The highest BCUT2D eigenvalue weighted by Crippen LogP contribution is 2.16. The Balaban J connectivity index is 1.86. The number of hydrogen-bond donors (Lipinski definition) is 1. The maximum Gasteiger partial charge on any atom is 0.261 e. The number of rotatable bonds is 5. The van der Waals surface area contributed by atoms with Gasteiger partial charge in [-0.2, -0.15) is 4.31 Å². The molecule has 0 bridgehead atoms. The Kier molecular flexibility index (Phi) is 5.60. The normalized spacial score (nSPS) is 23.4. The van der Waals surface area contributed by atoms with Crippen LogP contribution >= 0.6 is 11.3 Å². The minimum atomic E-state index is -3.38. The van der Waals surface area contributed by atoms with Crippen LogP contribution in [0.3, 0.4) is 0 Å². The fourth-order valence-electron chi connectivity index (χ4n) is 2.42. The van der Waals surface area contributed by atoms with Gasteiger partial charge >= 0.3 is 0 Å². The molecule has 0 radical (unpaired) electrons. The van der Waals surface area contributed by atoms with Gasteiger partial charge in [0, 0.05) is 24.5 Å². The summed E-state index contributed by atoms with van der Waals surface area (Å²) < 4.78 is 31.6. The van der Waals surface area contributed by atoms with Crippen molar-refractivity contribution in [3.8, 4) is 0 Å². The number of carbonyl (C=O) groups excluding carboxylic acids is 1. The Hall–Kier alpha value is -0.960. The van der Waals surface area contributed by atoms with Crippen molar-refractivity contribution in [2.45, 2.75) is 33.0 Å². The zero-order valence-corrected chi connectivity index (χ0v) is 14.7. The molecule has 1 aromatic heterocycles. The molecule has 0 aromatic carbocycles. The summed E-state index contributed by atoms with van der Waals surface area (Å²) >= 11 is 1.39. The van der Waals surface area contributed by atoms with Gasteiger partial charge in [0.05, 0.1) is 22.8 Å². The summed E-state index contributed by atoms with van der Waals surface area (Å²) in [5, 5.41) is 2.66. The van der Waals surface area contributed by atoms with Crippen molar-refractivity contribution >= 4 is 27.3 Å². The third-order valence-corrected chi connectivity index (χ3v) is 6.19. The number of sulfonamides is 1. The molecular weight excluding hydrogens is 324 g/mol. The van der Waals surface area contributed by atoms with E-state index in [-0.39, 0.29) is 30.4 Å². The molecule has 2 rings (SSSR count). The first kappa shape index (κ1) is 17.4. The standard InChI is InChI=1S/C14H22N2O4S2/c1-10-8-16(9-11(2)20-10)22(18,19)7-6-15-14(17)13-5-4-12(3)21-13/h4-5,10-11H,6-9H2,1-3H3,(H,15,17)/t10-,11-/m0/s1. The Bertz CT molecular complexity index is 617. The minimum absolute atomic E-state index is 0.0947. The molecule has 6 nitrogen and oxygen atoms in total. The second-order valence-electron chi connectivity index (χ2n) is 5.56. The molecule has 1 amide bonds. The van der Waals surface area contributed by atoms with Crippen LogP contribution in [0.15, 0.2) is 12.1 Å². The van der Waals surface area contributed by atoms with Crippen molar-refractivity contribution in [3.05, 3.63) is 21.9 Å². The summed E-state index contributed by atoms with van der Waals surface area (Å²) in [6.45, 7) is 6.48. The fourth-order valence-corrected chi connectivity index (χ4v) is 4.70. The van der Waals surface area contributed by atoms with Gasteiger partial charge in [0.25, 0.3) is 5.91 Å². The molecule has 2 heterocycles. The zero-order chi connectivity index (χ0) is 16.3. The zero-order valence-electron chi connectivity index (χ0n) is 13.0. The second-order valence-corrected chi connectivity index (χ2v) is 8.93. The van der Waals surface area contributed by atoms with Crippen molar-refractivity contribution in [2.24, 2.45) is 0 Å². The van der Waals surface area contributed by atoms with Crippen LogP contribution in [0.2, 0.25) is 0 Å². The van der Waals surface area contributed by atoms with E-state index in [1.807, 2.05) is 26.8 Å². The van der Waals surface area contributed by atoms with Gasteiger partial charge in [-0.3, -0.25) is 4.79 Å². The largest absolute Gasteiger partial charge is 0.373 e. The van der Waals surface area contributed by atoms with Crippen LogP contribution in [0.5, 0.6) is 0 Å². The SMILES string of the molecule is Cc1ccc(C(=O)NCCS(=O)(=O)N2C[C@H](C)O[C@@H](C)C2)s1. The van der Waals surface area contributed by atoms with E-state index >= 15 is 0 Å². The van der Waals surface area contributed by atoms with E-state index in [0.717, 1.165) is 4.88 Å². The summed E-state index contributed by atoms with van der Waals surface area (Å²) in [4.78, 5) is 13.5. The molecule has 1 aliphatic rings. The fraction of sp³-hybridized carbons (Fsp3) is 0.643. The van der Waals surface area contributed by atoms with Crippen molar-refractivity contribution in [3.63, 3.8) is 0 Å². The van der Waals surface area contributed by atoms with Crippen molar-refractivity contribution in [1.29, 1.82) is 0 Å². The van der Waals surface area contributed by atoms with Crippen LogP contribution in [0.1, 0.15) is 28.4 Å². The molecule has 0 aliphatic carbocycles. The van der Waals surface area contributed by atoms with Gasteiger partial charge in [0.1, 0.15) is 0 Å². The Morgan fingerprint density at radius 2 is 2.00 bits per heavy atom. The van der Waals surface area contributed by atoms with Crippen LogP contribution in [-0.4, -0.2) is 56.2 Å². The van der Waals surface area contributed by atoms with E-state index in [2.05, 4.69) is 5.32 Å². The van der Waals surface area contributed by atoms with Crippen LogP contribution in [0.25, 0.3) is 0 Å². The van der Waals surface area contributed by atoms with Crippen molar-refractivity contribution in [2.75, 3.05) is 25.4 Å². The molecule has 124 valence electrons. The van der Waals surface area contributed by atoms with E-state index in [0.29, 0.717) is 18.0 Å². The van der Waals surface area contributed by atoms with E-state index in [1.54, 1.807) is 6.07 Å². The lowest BCUT2D eigenvalue weighted by molar-refractivity contribution is -0.0440. The highest BCUT2D eigenvalue weighted by molar-refractivity contribution is 7.89. The molecule has 1 N–H and O–H groups in total. The van der Waals surface area contributed by atoms with E-state index in [1.165, 1.54) is 15.6 Å². The molecule has 8 heteroatoms. The van der Waals surface area contributed by atoms with Crippen LogP contribution in [-0.2, 0) is 14.8 Å². The first-order chi connectivity index (χ1) is 10.3. The third kappa shape index (κ3) is 4.52. The number of thiophene rings is 1. The van der Waals surface area contributed by atoms with E-state index in [4.69, 9.17) is 4.74 Å². The molecule has 0 unspecified atom stereocenters. The molecule has 1 aromatic rings. The third-order valence-electron chi connectivity index (χ3n) is 3.39. The van der Waals surface area contributed by atoms with Crippen molar-refractivity contribution < 1.29 is 17.9 Å². The van der Waals surface area contributed by atoms with Gasteiger partial charge in [0.15, 0.2) is 0 Å². The van der Waals surface area contributed by atoms with Gasteiger partial charge < -0.3 is 10.1 Å². The van der Waals surface area contributed by atoms with E-state index in [9.17, 15) is 13.2 Å². The first-order valence-corrected chi connectivity index (χ1v) is 9.68. The molecule has 1 saturated heterocycles. The lowest BCUT2D eigenvalue weighted by Gasteiger charge is -2.34. The van der Waals surface area contributed by atoms with Gasteiger partial charge in [-0.25, -0.2) is 8.42 Å². The molecule has 1 aliphatic heterocycles. The number of amides is 1. The number of carbonyl (C=O) groups is 1. The van der Waals surface area contributed by atoms with Crippen molar-refractivity contribution in [1.82, 2.24) is 9.62 Å². The van der Waals surface area contributed by atoms with Gasteiger partial charge in [-0.15, -0.1) is 11.3 Å². The lowest BCUT2D eigenvalue weighted by atomic mass is 10.3. The smallest absolute Gasteiger partial charge is 0.261 e. The topological polar surface area (TPSA) is 75.7 Å². The average molecular weight is 346 g/mol. The molecule has 22 heavy (non-hydrogen) atoms. The number of morpholine rings is 1. The molecule has 2 atom stereocenters. The summed E-state index contributed by atoms with van der Waals surface area (Å²) in [7, 11) is -3.38. The minimum Gasteiger partial charge on any atom is -0.373 e.